The molecule has 6 nitrogen and oxygen atoms in total. The molecule has 0 spiro atoms. The number of aliphatic hydroxyl groups is 1. The molecule has 120 valence electrons. The molecule has 0 saturated carbocycles. The van der Waals surface area contributed by atoms with Gasteiger partial charge in [-0.2, -0.15) is 0 Å². The van der Waals surface area contributed by atoms with Crippen LogP contribution in [0.1, 0.15) is 42.6 Å². The van der Waals surface area contributed by atoms with Crippen molar-refractivity contribution in [3.63, 3.8) is 0 Å². The Bertz CT molecular complexity index is 571. The number of aryl methyl sites for hydroxylation is 1. The van der Waals surface area contributed by atoms with Gasteiger partial charge in [0.15, 0.2) is 0 Å². The van der Waals surface area contributed by atoms with Crippen LogP contribution in [0.5, 0.6) is 0 Å². The highest BCUT2D eigenvalue weighted by Gasteiger charge is 2.28. The number of amides is 1. The first kappa shape index (κ1) is 16.4. The highest BCUT2D eigenvalue weighted by molar-refractivity contribution is 5.95. The van der Waals surface area contributed by atoms with Gasteiger partial charge < -0.3 is 10.0 Å². The lowest BCUT2D eigenvalue weighted by Crippen LogP contribution is -2.42. The predicted octanol–water partition coefficient (Wildman–Crippen LogP) is 2.39. The first-order valence-electron chi connectivity index (χ1n) is 7.68. The molecule has 1 aromatic rings. The van der Waals surface area contributed by atoms with Crippen LogP contribution in [0.2, 0.25) is 0 Å². The summed E-state index contributed by atoms with van der Waals surface area (Å²) in [4.78, 5) is 24.9. The van der Waals surface area contributed by atoms with Gasteiger partial charge in [0.25, 0.3) is 11.6 Å². The van der Waals surface area contributed by atoms with Gasteiger partial charge in [-0.1, -0.05) is 13.0 Å². The summed E-state index contributed by atoms with van der Waals surface area (Å²) < 4.78 is 0. The van der Waals surface area contributed by atoms with E-state index in [-0.39, 0.29) is 17.5 Å². The standard InChI is InChI=1S/C16H22N2O4/c1-3-12-6-7-13(9-15(12)18(21)22)16(20)17-8-4-5-14(10-17)11(2)19/h6-7,9,11,14,19H,3-5,8,10H2,1-2H3. The third kappa shape index (κ3) is 3.44. The number of aliphatic hydroxyl groups excluding tert-OH is 1. The van der Waals surface area contributed by atoms with E-state index in [1.165, 1.54) is 6.07 Å². The number of carbonyl (C=O) groups is 1. The number of hydrogen-bond acceptors (Lipinski definition) is 4. The summed E-state index contributed by atoms with van der Waals surface area (Å²) in [6.45, 7) is 4.71. The molecule has 0 radical (unpaired) electrons. The van der Waals surface area contributed by atoms with Gasteiger partial charge in [0.1, 0.15) is 0 Å². The van der Waals surface area contributed by atoms with Crippen molar-refractivity contribution < 1.29 is 14.8 Å². The minimum absolute atomic E-state index is 0.00237. The Kier molecular flexibility index (Phi) is 5.13. The molecule has 2 unspecified atom stereocenters. The molecule has 1 saturated heterocycles. The minimum Gasteiger partial charge on any atom is -0.393 e. The van der Waals surface area contributed by atoms with Crippen LogP contribution in [0.3, 0.4) is 0 Å². The fourth-order valence-corrected chi connectivity index (χ4v) is 2.94. The minimum atomic E-state index is -0.451. The summed E-state index contributed by atoms with van der Waals surface area (Å²) in [7, 11) is 0. The SMILES string of the molecule is CCc1ccc(C(=O)N2CCCC(C(C)O)C2)cc1[N+](=O)[O-]. The van der Waals surface area contributed by atoms with Crippen LogP contribution < -0.4 is 0 Å². The average molecular weight is 306 g/mol. The molecule has 2 atom stereocenters. The van der Waals surface area contributed by atoms with Crippen LogP contribution in [0.15, 0.2) is 18.2 Å². The molecule has 2 rings (SSSR count). The lowest BCUT2D eigenvalue weighted by atomic mass is 9.93. The third-order valence-electron chi connectivity index (χ3n) is 4.34. The number of benzene rings is 1. The molecule has 6 heteroatoms. The maximum Gasteiger partial charge on any atom is 0.273 e. The van der Waals surface area contributed by atoms with Crippen molar-refractivity contribution in [2.75, 3.05) is 13.1 Å². The summed E-state index contributed by atoms with van der Waals surface area (Å²) in [6.07, 6.45) is 1.85. The molecule has 22 heavy (non-hydrogen) atoms. The van der Waals surface area contributed by atoms with Gasteiger partial charge in [0, 0.05) is 36.2 Å². The molecular formula is C16H22N2O4. The van der Waals surface area contributed by atoms with Gasteiger partial charge in [0.2, 0.25) is 0 Å². The third-order valence-corrected chi connectivity index (χ3v) is 4.34. The molecule has 1 aromatic carbocycles. The van der Waals surface area contributed by atoms with Gasteiger partial charge in [0.05, 0.1) is 11.0 Å². The van der Waals surface area contributed by atoms with E-state index in [1.54, 1.807) is 24.0 Å². The molecule has 0 aliphatic carbocycles. The van der Waals surface area contributed by atoms with Crippen molar-refractivity contribution in [2.45, 2.75) is 39.2 Å². The number of piperidine rings is 1. The van der Waals surface area contributed by atoms with Gasteiger partial charge in [-0.3, -0.25) is 14.9 Å². The summed E-state index contributed by atoms with van der Waals surface area (Å²) in [5, 5.41) is 20.8. The Balaban J connectivity index is 2.22. The molecule has 0 bridgehead atoms. The molecule has 1 amide bonds. The van der Waals surface area contributed by atoms with E-state index in [1.807, 2.05) is 6.92 Å². The van der Waals surface area contributed by atoms with Crippen LogP contribution in [0, 0.1) is 16.0 Å². The lowest BCUT2D eigenvalue weighted by molar-refractivity contribution is -0.385. The maximum atomic E-state index is 12.6. The highest BCUT2D eigenvalue weighted by Crippen LogP contribution is 2.25. The molecule has 1 aliphatic heterocycles. The Hall–Kier alpha value is -1.95. The fourth-order valence-electron chi connectivity index (χ4n) is 2.94. The van der Waals surface area contributed by atoms with Crippen molar-refractivity contribution in [3.05, 3.63) is 39.4 Å². The molecule has 1 N–H and O–H groups in total. The molecule has 1 fully saturated rings. The van der Waals surface area contributed by atoms with E-state index in [0.717, 1.165) is 12.8 Å². The van der Waals surface area contributed by atoms with Crippen LogP contribution in [-0.2, 0) is 6.42 Å². The van der Waals surface area contributed by atoms with Gasteiger partial charge in [-0.15, -0.1) is 0 Å². The number of likely N-dealkylation sites (tertiary alicyclic amines) is 1. The monoisotopic (exact) mass is 306 g/mol. The summed E-state index contributed by atoms with van der Waals surface area (Å²) >= 11 is 0. The zero-order valence-electron chi connectivity index (χ0n) is 13.0. The molecule has 1 aliphatic rings. The zero-order chi connectivity index (χ0) is 16.3. The Morgan fingerprint density at radius 1 is 1.55 bits per heavy atom. The summed E-state index contributed by atoms with van der Waals surface area (Å²) in [6, 6.07) is 4.68. The Morgan fingerprint density at radius 3 is 2.86 bits per heavy atom. The Morgan fingerprint density at radius 2 is 2.27 bits per heavy atom. The first-order valence-corrected chi connectivity index (χ1v) is 7.68. The maximum absolute atomic E-state index is 12.6. The summed E-state index contributed by atoms with van der Waals surface area (Å²) in [5.41, 5.74) is 0.967. The quantitative estimate of drug-likeness (QED) is 0.684. The first-order chi connectivity index (χ1) is 10.4. The van der Waals surface area contributed by atoms with Crippen LogP contribution in [0.4, 0.5) is 5.69 Å². The molecular weight excluding hydrogens is 284 g/mol. The normalized spacial score (nSPS) is 19.8. The van der Waals surface area contributed by atoms with E-state index in [2.05, 4.69) is 0 Å². The number of nitro groups is 1. The van der Waals surface area contributed by atoms with Crippen molar-refractivity contribution in [1.82, 2.24) is 4.90 Å². The van der Waals surface area contributed by atoms with Crippen molar-refractivity contribution in [3.8, 4) is 0 Å². The average Bonchev–Trinajstić information content (AvgIpc) is 2.53. The van der Waals surface area contributed by atoms with Crippen LogP contribution in [-0.4, -0.2) is 40.0 Å². The number of nitrogens with zero attached hydrogens (tertiary/aromatic N) is 2. The topological polar surface area (TPSA) is 83.7 Å². The van der Waals surface area contributed by atoms with E-state index in [4.69, 9.17) is 0 Å². The number of carbonyl (C=O) groups excluding carboxylic acids is 1. The van der Waals surface area contributed by atoms with Crippen LogP contribution >= 0.6 is 0 Å². The van der Waals surface area contributed by atoms with E-state index >= 15 is 0 Å². The number of rotatable bonds is 4. The van der Waals surface area contributed by atoms with Gasteiger partial charge in [-0.25, -0.2) is 0 Å². The van der Waals surface area contributed by atoms with E-state index < -0.39 is 11.0 Å². The molecule has 0 aromatic heterocycles. The lowest BCUT2D eigenvalue weighted by Gasteiger charge is -2.34. The van der Waals surface area contributed by atoms with E-state index in [0.29, 0.717) is 30.6 Å². The van der Waals surface area contributed by atoms with Crippen molar-refractivity contribution >= 4 is 11.6 Å². The fraction of sp³-hybridized carbons (Fsp3) is 0.562. The van der Waals surface area contributed by atoms with Gasteiger partial charge in [-0.05, 0) is 32.3 Å². The van der Waals surface area contributed by atoms with Crippen molar-refractivity contribution in [2.24, 2.45) is 5.92 Å². The second-order valence-electron chi connectivity index (χ2n) is 5.85. The van der Waals surface area contributed by atoms with Crippen LogP contribution in [0.25, 0.3) is 0 Å². The smallest absolute Gasteiger partial charge is 0.273 e. The highest BCUT2D eigenvalue weighted by atomic mass is 16.6. The van der Waals surface area contributed by atoms with Gasteiger partial charge >= 0.3 is 0 Å². The van der Waals surface area contributed by atoms with E-state index in [9.17, 15) is 20.0 Å². The number of hydrogen-bond donors (Lipinski definition) is 1. The largest absolute Gasteiger partial charge is 0.393 e. The molecule has 1 heterocycles. The summed E-state index contributed by atoms with van der Waals surface area (Å²) in [5.74, 6) is -0.126. The second-order valence-corrected chi connectivity index (χ2v) is 5.85. The second kappa shape index (κ2) is 6.87. The predicted molar refractivity (Wildman–Crippen MR) is 82.8 cm³/mol. The zero-order valence-corrected chi connectivity index (χ0v) is 13.0. The Labute approximate surface area is 129 Å². The van der Waals surface area contributed by atoms with Crippen molar-refractivity contribution in [1.29, 1.82) is 0 Å². The number of nitro benzene ring substituents is 1.